The predicted octanol–water partition coefficient (Wildman–Crippen LogP) is 3.10. The minimum absolute atomic E-state index is 0.00674. The van der Waals surface area contributed by atoms with Gasteiger partial charge in [0, 0.05) is 25.1 Å². The summed E-state index contributed by atoms with van der Waals surface area (Å²) in [4.78, 5) is 16.7. The number of rotatable bonds is 3. The SMILES string of the molecule is COc1ccc(C2CC(=O)C(C3=NCCS3)=C(O)C2)cc1. The monoisotopic (exact) mass is 303 g/mol. The fourth-order valence-corrected chi connectivity index (χ4v) is 3.67. The number of Topliss-reactive ketones (excluding diaryl/α,β-unsaturated/α-hetero) is 1. The van der Waals surface area contributed by atoms with Crippen LogP contribution in [-0.4, -0.2) is 35.3 Å². The quantitative estimate of drug-likeness (QED) is 0.932. The van der Waals surface area contributed by atoms with Gasteiger partial charge in [-0.15, -0.1) is 11.8 Å². The first-order valence-corrected chi connectivity index (χ1v) is 7.94. The molecule has 1 unspecified atom stereocenters. The molecule has 3 rings (SSSR count). The first-order valence-electron chi connectivity index (χ1n) is 6.96. The molecule has 1 aliphatic carbocycles. The lowest BCUT2D eigenvalue weighted by Crippen LogP contribution is -2.22. The number of hydrogen-bond acceptors (Lipinski definition) is 5. The minimum Gasteiger partial charge on any atom is -0.511 e. The van der Waals surface area contributed by atoms with E-state index >= 15 is 0 Å². The maximum Gasteiger partial charge on any atom is 0.169 e. The number of thioether (sulfide) groups is 1. The number of allylic oxidation sites excluding steroid dienone is 1. The highest BCUT2D eigenvalue weighted by molar-refractivity contribution is 8.14. The molecular weight excluding hydrogens is 286 g/mol. The number of ketones is 1. The molecule has 0 amide bonds. The Morgan fingerprint density at radius 1 is 1.29 bits per heavy atom. The maximum absolute atomic E-state index is 12.4. The molecule has 2 aliphatic rings. The standard InChI is InChI=1S/C16H17NO3S/c1-20-12-4-2-10(3-5-12)11-8-13(18)15(14(19)9-11)16-17-6-7-21-16/h2-5,11,18H,6-9H2,1H3. The molecule has 5 heteroatoms. The van der Waals surface area contributed by atoms with Crippen LogP contribution in [0.15, 0.2) is 40.6 Å². The molecule has 4 nitrogen and oxygen atoms in total. The number of methoxy groups -OCH3 is 1. The van der Waals surface area contributed by atoms with E-state index in [-0.39, 0.29) is 17.5 Å². The normalized spacial score (nSPS) is 22.4. The van der Waals surface area contributed by atoms with Crippen molar-refractivity contribution in [3.05, 3.63) is 41.2 Å². The molecule has 0 radical (unpaired) electrons. The van der Waals surface area contributed by atoms with E-state index in [1.165, 1.54) is 0 Å². The van der Waals surface area contributed by atoms with E-state index in [0.717, 1.165) is 23.6 Å². The van der Waals surface area contributed by atoms with Crippen molar-refractivity contribution in [1.29, 1.82) is 0 Å². The van der Waals surface area contributed by atoms with E-state index in [2.05, 4.69) is 4.99 Å². The third-order valence-electron chi connectivity index (χ3n) is 3.83. The number of carbonyl (C=O) groups excluding carboxylic acids is 1. The molecule has 110 valence electrons. The molecule has 1 aromatic carbocycles. The van der Waals surface area contributed by atoms with Crippen LogP contribution in [0.1, 0.15) is 24.3 Å². The van der Waals surface area contributed by atoms with E-state index < -0.39 is 0 Å². The molecule has 0 fully saturated rings. The highest BCUT2D eigenvalue weighted by Crippen LogP contribution is 2.36. The molecule has 21 heavy (non-hydrogen) atoms. The Morgan fingerprint density at radius 2 is 2.05 bits per heavy atom. The highest BCUT2D eigenvalue weighted by atomic mass is 32.2. The first kappa shape index (κ1) is 14.2. The molecule has 0 aromatic heterocycles. The topological polar surface area (TPSA) is 58.9 Å². The lowest BCUT2D eigenvalue weighted by molar-refractivity contribution is -0.116. The van der Waals surface area contributed by atoms with Crippen LogP contribution in [0.3, 0.4) is 0 Å². The number of hydrogen-bond donors (Lipinski definition) is 1. The van der Waals surface area contributed by atoms with Gasteiger partial charge in [0.1, 0.15) is 16.6 Å². The van der Waals surface area contributed by atoms with Crippen LogP contribution in [-0.2, 0) is 4.79 Å². The summed E-state index contributed by atoms with van der Waals surface area (Å²) in [7, 11) is 1.62. The average Bonchev–Trinajstić information content (AvgIpc) is 3.00. The van der Waals surface area contributed by atoms with Gasteiger partial charge in [-0.05, 0) is 23.6 Å². The zero-order valence-corrected chi connectivity index (χ0v) is 12.7. The van der Waals surface area contributed by atoms with Crippen LogP contribution in [0.2, 0.25) is 0 Å². The Labute approximate surface area is 127 Å². The smallest absolute Gasteiger partial charge is 0.169 e. The Balaban J connectivity index is 1.84. The first-order chi connectivity index (χ1) is 10.2. The van der Waals surface area contributed by atoms with Crippen molar-refractivity contribution in [2.75, 3.05) is 19.4 Å². The lowest BCUT2D eigenvalue weighted by atomic mass is 9.83. The predicted molar refractivity (Wildman–Crippen MR) is 84.4 cm³/mol. The van der Waals surface area contributed by atoms with E-state index in [4.69, 9.17) is 4.74 Å². The summed E-state index contributed by atoms with van der Waals surface area (Å²) < 4.78 is 5.14. The van der Waals surface area contributed by atoms with Crippen molar-refractivity contribution in [2.45, 2.75) is 18.8 Å². The van der Waals surface area contributed by atoms with E-state index in [1.54, 1.807) is 18.9 Å². The summed E-state index contributed by atoms with van der Waals surface area (Å²) in [6.45, 7) is 0.728. The van der Waals surface area contributed by atoms with Gasteiger partial charge in [0.05, 0.1) is 12.7 Å². The van der Waals surface area contributed by atoms with Gasteiger partial charge >= 0.3 is 0 Å². The molecule has 0 saturated heterocycles. The molecule has 1 heterocycles. The van der Waals surface area contributed by atoms with Crippen LogP contribution < -0.4 is 4.74 Å². The van der Waals surface area contributed by atoms with Gasteiger partial charge < -0.3 is 9.84 Å². The fourth-order valence-electron chi connectivity index (χ4n) is 2.74. The van der Waals surface area contributed by atoms with Crippen molar-refractivity contribution in [3.63, 3.8) is 0 Å². The van der Waals surface area contributed by atoms with Gasteiger partial charge in [-0.3, -0.25) is 9.79 Å². The van der Waals surface area contributed by atoms with Crippen LogP contribution in [0.4, 0.5) is 0 Å². The van der Waals surface area contributed by atoms with Gasteiger partial charge in [-0.2, -0.15) is 0 Å². The van der Waals surface area contributed by atoms with E-state index in [1.807, 2.05) is 24.3 Å². The van der Waals surface area contributed by atoms with Crippen molar-refractivity contribution in [1.82, 2.24) is 0 Å². The summed E-state index contributed by atoms with van der Waals surface area (Å²) >= 11 is 1.55. The van der Waals surface area contributed by atoms with Crippen molar-refractivity contribution in [3.8, 4) is 5.75 Å². The lowest BCUT2D eigenvalue weighted by Gasteiger charge is -2.23. The Bertz CT molecular complexity index is 619. The van der Waals surface area contributed by atoms with Crippen molar-refractivity contribution < 1.29 is 14.6 Å². The summed E-state index contributed by atoms with van der Waals surface area (Å²) in [5, 5.41) is 11.0. The Morgan fingerprint density at radius 3 is 2.62 bits per heavy atom. The third kappa shape index (κ3) is 2.83. The minimum atomic E-state index is -0.00674. The number of carbonyl (C=O) groups is 1. The van der Waals surface area contributed by atoms with Gasteiger partial charge in [-0.25, -0.2) is 0 Å². The zero-order chi connectivity index (χ0) is 14.8. The van der Waals surface area contributed by atoms with E-state index in [0.29, 0.717) is 23.5 Å². The number of aliphatic hydroxyl groups is 1. The summed E-state index contributed by atoms with van der Waals surface area (Å²) in [5.41, 5.74) is 1.50. The van der Waals surface area contributed by atoms with Crippen molar-refractivity contribution >= 4 is 22.6 Å². The van der Waals surface area contributed by atoms with E-state index in [9.17, 15) is 9.90 Å². The molecule has 1 atom stereocenters. The highest BCUT2D eigenvalue weighted by Gasteiger charge is 2.32. The van der Waals surface area contributed by atoms with Crippen LogP contribution in [0.5, 0.6) is 5.75 Å². The van der Waals surface area contributed by atoms with Crippen LogP contribution >= 0.6 is 11.8 Å². The number of nitrogens with zero attached hydrogens (tertiary/aromatic N) is 1. The molecule has 0 bridgehead atoms. The zero-order valence-electron chi connectivity index (χ0n) is 11.8. The summed E-state index contributed by atoms with van der Waals surface area (Å²) in [6, 6.07) is 7.67. The maximum atomic E-state index is 12.4. The second kappa shape index (κ2) is 5.93. The van der Waals surface area contributed by atoms with Gasteiger partial charge in [0.15, 0.2) is 5.78 Å². The number of aliphatic hydroxyl groups excluding tert-OH is 1. The molecule has 0 spiro atoms. The Hall–Kier alpha value is -1.75. The molecule has 1 aromatic rings. The Kier molecular flexibility index (Phi) is 4.01. The van der Waals surface area contributed by atoms with Crippen LogP contribution in [0, 0.1) is 0 Å². The second-order valence-electron chi connectivity index (χ2n) is 5.16. The molecule has 1 N–H and O–H groups in total. The average molecular weight is 303 g/mol. The van der Waals surface area contributed by atoms with Crippen LogP contribution in [0.25, 0.3) is 0 Å². The second-order valence-corrected chi connectivity index (χ2v) is 6.24. The number of aliphatic imine (C=N–C) groups is 1. The van der Waals surface area contributed by atoms with Gasteiger partial charge in [0.25, 0.3) is 0 Å². The molecule has 1 aliphatic heterocycles. The third-order valence-corrected chi connectivity index (χ3v) is 4.82. The largest absolute Gasteiger partial charge is 0.511 e. The summed E-state index contributed by atoms with van der Waals surface area (Å²) in [6.07, 6.45) is 0.915. The fraction of sp³-hybridized carbons (Fsp3) is 0.375. The molecular formula is C16H17NO3S. The number of ether oxygens (including phenoxy) is 1. The summed E-state index contributed by atoms with van der Waals surface area (Å²) in [5.74, 6) is 1.88. The van der Waals surface area contributed by atoms with Crippen molar-refractivity contribution in [2.24, 2.45) is 4.99 Å². The van der Waals surface area contributed by atoms with Gasteiger partial charge in [-0.1, -0.05) is 12.1 Å². The number of benzene rings is 1. The van der Waals surface area contributed by atoms with Gasteiger partial charge in [0.2, 0.25) is 0 Å². The molecule has 0 saturated carbocycles.